The SMILES string of the molecule is COCCOC(=O)N1CCN(c2ncnc3c2nc(-c2ccccc2Cl)n3-c2ccc(Cl)cc2)CC1. The van der Waals surface area contributed by atoms with Gasteiger partial charge in [-0.05, 0) is 36.4 Å². The van der Waals surface area contributed by atoms with Crippen molar-refractivity contribution in [2.75, 3.05) is 51.4 Å². The van der Waals surface area contributed by atoms with Crippen molar-refractivity contribution in [1.82, 2.24) is 24.4 Å². The van der Waals surface area contributed by atoms with Crippen molar-refractivity contribution in [3.8, 4) is 17.1 Å². The fourth-order valence-electron chi connectivity index (χ4n) is 4.17. The number of halogens is 2. The van der Waals surface area contributed by atoms with E-state index in [4.69, 9.17) is 37.7 Å². The molecule has 0 aliphatic carbocycles. The molecule has 11 heteroatoms. The quantitative estimate of drug-likeness (QED) is 0.336. The molecule has 2 aromatic carbocycles. The van der Waals surface area contributed by atoms with Gasteiger partial charge < -0.3 is 19.3 Å². The van der Waals surface area contributed by atoms with Crippen LogP contribution in [0.3, 0.4) is 0 Å². The first kappa shape index (κ1) is 24.3. The molecular formula is C25H24Cl2N6O3. The number of aromatic nitrogens is 4. The van der Waals surface area contributed by atoms with Crippen LogP contribution in [0, 0.1) is 0 Å². The third kappa shape index (κ3) is 4.82. The van der Waals surface area contributed by atoms with E-state index < -0.39 is 0 Å². The molecule has 9 nitrogen and oxygen atoms in total. The highest BCUT2D eigenvalue weighted by atomic mass is 35.5. The molecule has 1 aliphatic heterocycles. The van der Waals surface area contributed by atoms with Gasteiger partial charge in [0.05, 0.1) is 11.6 Å². The highest BCUT2D eigenvalue weighted by molar-refractivity contribution is 6.33. The zero-order chi connectivity index (χ0) is 25.1. The number of methoxy groups -OCH3 is 1. The summed E-state index contributed by atoms with van der Waals surface area (Å²) < 4.78 is 12.2. The van der Waals surface area contributed by atoms with Gasteiger partial charge in [0.25, 0.3) is 0 Å². The van der Waals surface area contributed by atoms with Gasteiger partial charge in [-0.2, -0.15) is 0 Å². The summed E-state index contributed by atoms with van der Waals surface area (Å²) in [6, 6.07) is 15.0. The fraction of sp³-hybridized carbons (Fsp3) is 0.280. The van der Waals surface area contributed by atoms with Gasteiger partial charge in [0, 0.05) is 49.6 Å². The van der Waals surface area contributed by atoms with Crippen molar-refractivity contribution < 1.29 is 14.3 Å². The van der Waals surface area contributed by atoms with Crippen LogP contribution in [0.4, 0.5) is 10.6 Å². The summed E-state index contributed by atoms with van der Waals surface area (Å²) in [7, 11) is 1.57. The third-order valence-corrected chi connectivity index (χ3v) is 6.56. The number of anilines is 1. The van der Waals surface area contributed by atoms with Crippen LogP contribution in [-0.2, 0) is 9.47 Å². The van der Waals surface area contributed by atoms with Gasteiger partial charge in [-0.25, -0.2) is 19.7 Å². The van der Waals surface area contributed by atoms with E-state index >= 15 is 0 Å². The molecule has 0 atom stereocenters. The van der Waals surface area contributed by atoms with E-state index in [0.717, 1.165) is 11.3 Å². The van der Waals surface area contributed by atoms with Crippen LogP contribution in [0.2, 0.25) is 10.0 Å². The van der Waals surface area contributed by atoms with Crippen LogP contribution in [-0.4, -0.2) is 77.0 Å². The van der Waals surface area contributed by atoms with Crippen molar-refractivity contribution >= 4 is 46.3 Å². The van der Waals surface area contributed by atoms with Crippen molar-refractivity contribution in [2.45, 2.75) is 0 Å². The number of carbonyl (C=O) groups is 1. The maximum absolute atomic E-state index is 12.3. The fourth-order valence-corrected chi connectivity index (χ4v) is 4.52. The molecule has 5 rings (SSSR count). The molecule has 2 aromatic heterocycles. The lowest BCUT2D eigenvalue weighted by Crippen LogP contribution is -2.49. The Morgan fingerprint density at radius 1 is 0.972 bits per heavy atom. The smallest absolute Gasteiger partial charge is 0.409 e. The molecule has 4 aromatic rings. The van der Waals surface area contributed by atoms with E-state index in [2.05, 4.69) is 14.9 Å². The highest BCUT2D eigenvalue weighted by Crippen LogP contribution is 2.34. The van der Waals surface area contributed by atoms with Gasteiger partial charge in [-0.1, -0.05) is 35.3 Å². The first-order valence-electron chi connectivity index (χ1n) is 11.5. The van der Waals surface area contributed by atoms with E-state index in [1.165, 1.54) is 6.33 Å². The molecule has 0 saturated carbocycles. The lowest BCUT2D eigenvalue weighted by Gasteiger charge is -2.34. The number of fused-ring (bicyclic) bond motifs is 1. The minimum atomic E-state index is -0.340. The summed E-state index contributed by atoms with van der Waals surface area (Å²) in [6.45, 7) is 2.78. The predicted molar refractivity (Wildman–Crippen MR) is 139 cm³/mol. The molecule has 186 valence electrons. The van der Waals surface area contributed by atoms with Gasteiger partial charge in [0.2, 0.25) is 0 Å². The Morgan fingerprint density at radius 3 is 2.44 bits per heavy atom. The second-order valence-corrected chi connectivity index (χ2v) is 9.02. The van der Waals surface area contributed by atoms with E-state index in [1.807, 2.05) is 53.1 Å². The van der Waals surface area contributed by atoms with E-state index in [0.29, 0.717) is 65.6 Å². The molecule has 0 N–H and O–H groups in total. The Hall–Kier alpha value is -3.40. The Bertz CT molecular complexity index is 1370. The number of hydrogen-bond donors (Lipinski definition) is 0. The number of ether oxygens (including phenoxy) is 2. The Balaban J connectivity index is 1.51. The van der Waals surface area contributed by atoms with Crippen molar-refractivity contribution in [3.05, 3.63) is 64.9 Å². The molecule has 3 heterocycles. The van der Waals surface area contributed by atoms with Crippen LogP contribution in [0.1, 0.15) is 0 Å². The molecule has 1 fully saturated rings. The molecule has 1 aliphatic rings. The topological polar surface area (TPSA) is 85.6 Å². The number of benzene rings is 2. The standard InChI is InChI=1S/C25H24Cl2N6O3/c1-35-14-15-36-25(34)32-12-10-31(11-13-32)23-21-24(29-16-28-23)33(18-8-6-17(26)7-9-18)22(30-21)19-4-2-3-5-20(19)27/h2-9,16H,10-15H2,1H3. The van der Waals surface area contributed by atoms with Crippen LogP contribution in [0.15, 0.2) is 54.9 Å². The van der Waals surface area contributed by atoms with Crippen molar-refractivity contribution in [1.29, 1.82) is 0 Å². The highest BCUT2D eigenvalue weighted by Gasteiger charge is 2.27. The maximum atomic E-state index is 12.3. The summed E-state index contributed by atoms with van der Waals surface area (Å²) in [6.07, 6.45) is 1.20. The largest absolute Gasteiger partial charge is 0.447 e. The van der Waals surface area contributed by atoms with Crippen molar-refractivity contribution in [2.24, 2.45) is 0 Å². The molecule has 1 amide bonds. The number of amides is 1. The number of nitrogens with zero attached hydrogens (tertiary/aromatic N) is 6. The maximum Gasteiger partial charge on any atom is 0.409 e. The zero-order valence-electron chi connectivity index (χ0n) is 19.6. The van der Waals surface area contributed by atoms with Gasteiger partial charge in [-0.3, -0.25) is 4.57 Å². The summed E-state index contributed by atoms with van der Waals surface area (Å²) >= 11 is 12.7. The van der Waals surface area contributed by atoms with Gasteiger partial charge in [-0.15, -0.1) is 0 Å². The normalized spacial score (nSPS) is 13.9. The third-order valence-electron chi connectivity index (χ3n) is 5.97. The van der Waals surface area contributed by atoms with Crippen LogP contribution < -0.4 is 4.90 Å². The number of piperazine rings is 1. The second-order valence-electron chi connectivity index (χ2n) is 8.18. The summed E-state index contributed by atoms with van der Waals surface area (Å²) in [5, 5.41) is 1.22. The molecular weight excluding hydrogens is 503 g/mol. The molecule has 0 spiro atoms. The van der Waals surface area contributed by atoms with E-state index in [-0.39, 0.29) is 12.7 Å². The van der Waals surface area contributed by atoms with E-state index in [9.17, 15) is 4.79 Å². The number of imidazole rings is 1. The van der Waals surface area contributed by atoms with Crippen LogP contribution in [0.5, 0.6) is 0 Å². The summed E-state index contributed by atoms with van der Waals surface area (Å²) in [5.74, 6) is 1.36. The zero-order valence-corrected chi connectivity index (χ0v) is 21.1. The van der Waals surface area contributed by atoms with Crippen LogP contribution >= 0.6 is 23.2 Å². The van der Waals surface area contributed by atoms with Gasteiger partial charge in [0.1, 0.15) is 18.8 Å². The van der Waals surface area contributed by atoms with Crippen LogP contribution in [0.25, 0.3) is 28.2 Å². The van der Waals surface area contributed by atoms with Gasteiger partial charge in [0.15, 0.2) is 17.0 Å². The second kappa shape index (κ2) is 10.7. The summed E-state index contributed by atoms with van der Waals surface area (Å²) in [5.41, 5.74) is 2.93. The minimum Gasteiger partial charge on any atom is -0.447 e. The minimum absolute atomic E-state index is 0.231. The molecule has 1 saturated heterocycles. The molecule has 0 radical (unpaired) electrons. The Morgan fingerprint density at radius 2 is 1.72 bits per heavy atom. The van der Waals surface area contributed by atoms with Crippen molar-refractivity contribution in [3.63, 3.8) is 0 Å². The first-order chi connectivity index (χ1) is 17.6. The molecule has 0 bridgehead atoms. The Labute approximate surface area is 218 Å². The molecule has 0 unspecified atom stereocenters. The monoisotopic (exact) mass is 526 g/mol. The molecule has 36 heavy (non-hydrogen) atoms. The summed E-state index contributed by atoms with van der Waals surface area (Å²) in [4.78, 5) is 30.2. The van der Waals surface area contributed by atoms with Gasteiger partial charge >= 0.3 is 6.09 Å². The lowest BCUT2D eigenvalue weighted by molar-refractivity contribution is 0.0705. The number of carbonyl (C=O) groups excluding carboxylic acids is 1. The lowest BCUT2D eigenvalue weighted by atomic mass is 10.2. The number of hydrogen-bond acceptors (Lipinski definition) is 7. The Kier molecular flexibility index (Phi) is 7.22. The predicted octanol–water partition coefficient (Wildman–Crippen LogP) is 4.69. The average Bonchev–Trinajstić information content (AvgIpc) is 3.29. The number of rotatable bonds is 6. The first-order valence-corrected chi connectivity index (χ1v) is 12.2. The van der Waals surface area contributed by atoms with E-state index in [1.54, 1.807) is 12.0 Å². The average molecular weight is 527 g/mol.